The third-order valence-electron chi connectivity index (χ3n) is 6.59. The molecule has 2 aliphatic rings. The van der Waals surface area contributed by atoms with Gasteiger partial charge >= 0.3 is 0 Å². The highest BCUT2D eigenvalue weighted by atomic mass is 16.6. The monoisotopic (exact) mass is 437 g/mol. The average molecular weight is 438 g/mol. The van der Waals surface area contributed by atoms with Gasteiger partial charge in [0.25, 0.3) is 5.88 Å². The fraction of sp³-hybridized carbons (Fsp3) is 0.593. The predicted octanol–water partition coefficient (Wildman–Crippen LogP) is 5.41. The van der Waals surface area contributed by atoms with Crippen LogP contribution in [0.15, 0.2) is 36.5 Å². The first-order valence-corrected chi connectivity index (χ1v) is 11.9. The molecule has 1 aromatic carbocycles. The van der Waals surface area contributed by atoms with Crippen molar-refractivity contribution in [3.05, 3.63) is 53.2 Å². The number of nitrogens with zero attached hydrogens (tertiary/aromatic N) is 3. The SMILES string of the molecule is CC(C)c1ccccc1C1CN(Cc2ccnc3c2OCC(C)(C)O3)CCN1C(C)(C)C. The van der Waals surface area contributed by atoms with Crippen LogP contribution in [0, 0.1) is 0 Å². The van der Waals surface area contributed by atoms with Crippen molar-refractivity contribution in [1.82, 2.24) is 14.8 Å². The van der Waals surface area contributed by atoms with E-state index >= 15 is 0 Å². The van der Waals surface area contributed by atoms with Gasteiger partial charge in [-0.3, -0.25) is 9.80 Å². The summed E-state index contributed by atoms with van der Waals surface area (Å²) < 4.78 is 12.2. The minimum atomic E-state index is -0.345. The Kier molecular flexibility index (Phi) is 6.25. The van der Waals surface area contributed by atoms with Crippen molar-refractivity contribution >= 4 is 0 Å². The summed E-state index contributed by atoms with van der Waals surface area (Å²) in [5, 5.41) is 0. The van der Waals surface area contributed by atoms with E-state index in [4.69, 9.17) is 9.47 Å². The van der Waals surface area contributed by atoms with Gasteiger partial charge in [-0.15, -0.1) is 0 Å². The van der Waals surface area contributed by atoms with Crippen molar-refractivity contribution in [3.63, 3.8) is 0 Å². The van der Waals surface area contributed by atoms with Crippen molar-refractivity contribution in [3.8, 4) is 11.6 Å². The lowest BCUT2D eigenvalue weighted by atomic mass is 9.88. The molecule has 0 spiro atoms. The van der Waals surface area contributed by atoms with Gasteiger partial charge in [-0.1, -0.05) is 38.1 Å². The van der Waals surface area contributed by atoms with Gasteiger partial charge < -0.3 is 9.47 Å². The molecule has 0 aliphatic carbocycles. The van der Waals surface area contributed by atoms with Crippen LogP contribution in [0.3, 0.4) is 0 Å². The highest BCUT2D eigenvalue weighted by molar-refractivity contribution is 5.43. The molecule has 3 heterocycles. The lowest BCUT2D eigenvalue weighted by Gasteiger charge is -2.49. The van der Waals surface area contributed by atoms with Crippen molar-refractivity contribution in [2.75, 3.05) is 26.2 Å². The third kappa shape index (κ3) is 4.79. The molecule has 1 saturated heterocycles. The van der Waals surface area contributed by atoms with E-state index in [-0.39, 0.29) is 11.1 Å². The van der Waals surface area contributed by atoms with E-state index in [9.17, 15) is 0 Å². The van der Waals surface area contributed by atoms with Gasteiger partial charge in [0, 0.05) is 49.5 Å². The molecule has 5 heteroatoms. The van der Waals surface area contributed by atoms with E-state index in [1.54, 1.807) is 0 Å². The van der Waals surface area contributed by atoms with Crippen LogP contribution in [-0.2, 0) is 6.54 Å². The Hall–Kier alpha value is -2.11. The van der Waals surface area contributed by atoms with Gasteiger partial charge in [-0.05, 0) is 57.7 Å². The summed E-state index contributed by atoms with van der Waals surface area (Å²) in [6, 6.07) is 11.4. The number of rotatable bonds is 4. The topological polar surface area (TPSA) is 37.8 Å². The summed E-state index contributed by atoms with van der Waals surface area (Å²) in [6.45, 7) is 20.1. The predicted molar refractivity (Wildman–Crippen MR) is 129 cm³/mol. The molecule has 0 radical (unpaired) electrons. The molecule has 0 amide bonds. The standard InChI is InChI=1S/C27H39N3O2/c1-19(2)21-10-8-9-11-22(21)23-17-29(14-15-30(23)26(3,4)5)16-20-12-13-28-25-24(20)31-18-27(6,7)32-25/h8-13,19,23H,14-18H2,1-7H3. The summed E-state index contributed by atoms with van der Waals surface area (Å²) in [6.07, 6.45) is 1.84. The van der Waals surface area contributed by atoms with Crippen LogP contribution in [-0.4, -0.2) is 52.2 Å². The fourth-order valence-corrected chi connectivity index (χ4v) is 4.99. The first kappa shape index (κ1) is 23.1. The number of fused-ring (bicyclic) bond motifs is 1. The molecule has 0 bridgehead atoms. The summed E-state index contributed by atoms with van der Waals surface area (Å²) in [7, 11) is 0. The van der Waals surface area contributed by atoms with Crippen LogP contribution in [0.1, 0.15) is 77.1 Å². The maximum absolute atomic E-state index is 6.12. The van der Waals surface area contributed by atoms with Crippen molar-refractivity contribution in [2.45, 2.75) is 78.1 Å². The molecule has 2 aromatic rings. The van der Waals surface area contributed by atoms with Crippen LogP contribution in [0.2, 0.25) is 0 Å². The van der Waals surface area contributed by atoms with E-state index in [1.807, 2.05) is 20.0 Å². The highest BCUT2D eigenvalue weighted by Crippen LogP contribution is 2.39. The molecule has 174 valence electrons. The molecule has 2 aliphatic heterocycles. The number of ether oxygens (including phenoxy) is 2. The molecular formula is C27H39N3O2. The maximum atomic E-state index is 6.12. The fourth-order valence-electron chi connectivity index (χ4n) is 4.99. The molecule has 0 saturated carbocycles. The Morgan fingerprint density at radius 2 is 1.88 bits per heavy atom. The number of benzene rings is 1. The molecule has 1 unspecified atom stereocenters. The van der Waals surface area contributed by atoms with E-state index < -0.39 is 0 Å². The molecule has 1 fully saturated rings. The first-order chi connectivity index (χ1) is 15.0. The van der Waals surface area contributed by atoms with E-state index in [0.29, 0.717) is 24.4 Å². The van der Waals surface area contributed by atoms with Crippen molar-refractivity contribution in [1.29, 1.82) is 0 Å². The van der Waals surface area contributed by atoms with Gasteiger partial charge in [-0.2, -0.15) is 0 Å². The summed E-state index contributed by atoms with van der Waals surface area (Å²) in [4.78, 5) is 9.67. The number of pyridine rings is 1. The Labute approximate surface area is 193 Å². The number of hydrogen-bond acceptors (Lipinski definition) is 5. The smallest absolute Gasteiger partial charge is 0.257 e. The zero-order valence-corrected chi connectivity index (χ0v) is 20.8. The van der Waals surface area contributed by atoms with E-state index in [2.05, 4.69) is 79.7 Å². The lowest BCUT2D eigenvalue weighted by molar-refractivity contribution is 0.00205. The quantitative estimate of drug-likeness (QED) is 0.639. The summed E-state index contributed by atoms with van der Waals surface area (Å²) in [5.41, 5.74) is 3.83. The van der Waals surface area contributed by atoms with Crippen LogP contribution < -0.4 is 9.47 Å². The molecule has 32 heavy (non-hydrogen) atoms. The molecular weight excluding hydrogens is 398 g/mol. The molecule has 1 atom stereocenters. The lowest BCUT2D eigenvalue weighted by Crippen LogP contribution is -2.55. The third-order valence-corrected chi connectivity index (χ3v) is 6.59. The second-order valence-corrected chi connectivity index (χ2v) is 11.2. The van der Waals surface area contributed by atoms with Crippen LogP contribution in [0.25, 0.3) is 0 Å². The second kappa shape index (κ2) is 8.68. The second-order valence-electron chi connectivity index (χ2n) is 11.2. The normalized spacial score (nSPS) is 21.7. The highest BCUT2D eigenvalue weighted by Gasteiger charge is 2.37. The van der Waals surface area contributed by atoms with Crippen LogP contribution >= 0.6 is 0 Å². The van der Waals surface area contributed by atoms with Crippen LogP contribution in [0.5, 0.6) is 11.6 Å². The van der Waals surface area contributed by atoms with E-state index in [1.165, 1.54) is 11.1 Å². The van der Waals surface area contributed by atoms with Gasteiger partial charge in [0.15, 0.2) is 5.75 Å². The maximum Gasteiger partial charge on any atom is 0.257 e. The van der Waals surface area contributed by atoms with Crippen molar-refractivity contribution in [2.24, 2.45) is 0 Å². The minimum absolute atomic E-state index is 0.110. The molecule has 0 N–H and O–H groups in total. The van der Waals surface area contributed by atoms with Gasteiger partial charge in [0.2, 0.25) is 0 Å². The minimum Gasteiger partial charge on any atom is -0.483 e. The van der Waals surface area contributed by atoms with Crippen LogP contribution in [0.4, 0.5) is 0 Å². The summed E-state index contributed by atoms with van der Waals surface area (Å²) in [5.74, 6) is 1.93. The number of hydrogen-bond donors (Lipinski definition) is 0. The number of aromatic nitrogens is 1. The molecule has 5 nitrogen and oxygen atoms in total. The Morgan fingerprint density at radius 3 is 2.59 bits per heavy atom. The largest absolute Gasteiger partial charge is 0.483 e. The van der Waals surface area contributed by atoms with Gasteiger partial charge in [0.05, 0.1) is 0 Å². The Balaban J connectivity index is 1.61. The molecule has 1 aromatic heterocycles. The molecule has 4 rings (SSSR count). The van der Waals surface area contributed by atoms with E-state index in [0.717, 1.165) is 37.5 Å². The first-order valence-electron chi connectivity index (χ1n) is 11.9. The Morgan fingerprint density at radius 1 is 1.12 bits per heavy atom. The number of piperazine rings is 1. The zero-order chi connectivity index (χ0) is 23.1. The summed E-state index contributed by atoms with van der Waals surface area (Å²) >= 11 is 0. The average Bonchev–Trinajstić information content (AvgIpc) is 2.72. The van der Waals surface area contributed by atoms with Gasteiger partial charge in [0.1, 0.15) is 12.2 Å². The Bertz CT molecular complexity index is 948. The zero-order valence-electron chi connectivity index (χ0n) is 20.8. The van der Waals surface area contributed by atoms with Gasteiger partial charge in [-0.25, -0.2) is 4.98 Å². The van der Waals surface area contributed by atoms with Crippen molar-refractivity contribution < 1.29 is 9.47 Å².